The predicted octanol–water partition coefficient (Wildman–Crippen LogP) is 1.51. The van der Waals surface area contributed by atoms with Crippen molar-refractivity contribution >= 4 is 17.8 Å². The number of benzene rings is 1. The number of nitrogens with zero attached hydrogens (tertiary/aromatic N) is 3. The van der Waals surface area contributed by atoms with Crippen molar-refractivity contribution in [3.8, 4) is 0 Å². The molecule has 112 valence electrons. The lowest BCUT2D eigenvalue weighted by molar-refractivity contribution is -0.385. The summed E-state index contributed by atoms with van der Waals surface area (Å²) < 4.78 is 0. The number of nitro benzene ring substituents is 1. The molecule has 0 spiro atoms. The zero-order valence-electron chi connectivity index (χ0n) is 11.8. The number of nitrogens with one attached hydrogen (secondary N) is 1. The molecule has 0 saturated heterocycles. The molecule has 0 bridgehead atoms. The molecule has 2 heterocycles. The Balaban J connectivity index is 1.80. The summed E-state index contributed by atoms with van der Waals surface area (Å²) in [6, 6.07) is 4.80. The summed E-state index contributed by atoms with van der Waals surface area (Å²) in [7, 11) is 0. The second-order valence-corrected chi connectivity index (χ2v) is 5.14. The van der Waals surface area contributed by atoms with Crippen molar-refractivity contribution in [2.45, 2.75) is 13.0 Å². The van der Waals surface area contributed by atoms with E-state index in [1.807, 2.05) is 0 Å². The number of rotatable bonds is 2. The molecule has 22 heavy (non-hydrogen) atoms. The molecule has 0 atom stereocenters. The fraction of sp³-hybridized carbons (Fsp3) is 0.200. The average Bonchev–Trinajstić information content (AvgIpc) is 2.53. The largest absolute Gasteiger partial charge is 0.359 e. The topological polar surface area (TPSA) is 87.8 Å². The molecule has 0 fully saturated rings. The number of hydrogen-bond donors (Lipinski definition) is 1. The summed E-state index contributed by atoms with van der Waals surface area (Å²) >= 11 is 0. The zero-order chi connectivity index (χ0) is 15.7. The fourth-order valence-corrected chi connectivity index (χ4v) is 2.49. The quantitative estimate of drug-likeness (QED) is 0.662. The number of hydrogen-bond acceptors (Lipinski definition) is 5. The van der Waals surface area contributed by atoms with Gasteiger partial charge in [-0.15, -0.1) is 0 Å². The van der Waals surface area contributed by atoms with E-state index >= 15 is 0 Å². The van der Waals surface area contributed by atoms with Crippen LogP contribution < -0.4 is 5.32 Å². The van der Waals surface area contributed by atoms with Crippen molar-refractivity contribution in [1.29, 1.82) is 0 Å². The van der Waals surface area contributed by atoms with Crippen molar-refractivity contribution in [2.75, 3.05) is 6.54 Å². The lowest BCUT2D eigenvalue weighted by atomic mass is 9.99. The Kier molecular flexibility index (Phi) is 3.46. The maximum absolute atomic E-state index is 12.4. The average molecular weight is 298 g/mol. The van der Waals surface area contributed by atoms with Gasteiger partial charge in [-0.3, -0.25) is 14.9 Å². The van der Waals surface area contributed by atoms with Gasteiger partial charge < -0.3 is 10.2 Å². The Morgan fingerprint density at radius 2 is 2.23 bits per heavy atom. The van der Waals surface area contributed by atoms with Crippen LogP contribution >= 0.6 is 0 Å². The summed E-state index contributed by atoms with van der Waals surface area (Å²) in [6.45, 7) is 4.60. The maximum Gasteiger partial charge on any atom is 0.274 e. The van der Waals surface area contributed by atoms with Gasteiger partial charge >= 0.3 is 0 Å². The van der Waals surface area contributed by atoms with Gasteiger partial charge in [0.25, 0.3) is 11.6 Å². The van der Waals surface area contributed by atoms with Gasteiger partial charge in [0.1, 0.15) is 5.70 Å². The van der Waals surface area contributed by atoms with Crippen LogP contribution in [0.3, 0.4) is 0 Å². The van der Waals surface area contributed by atoms with E-state index in [4.69, 9.17) is 0 Å². The molecule has 0 aliphatic carbocycles. The first-order chi connectivity index (χ1) is 10.5. The first kappa shape index (κ1) is 14.0. The molecule has 7 nitrogen and oxygen atoms in total. The molecule has 0 aromatic heterocycles. The normalized spacial score (nSPS) is 16.6. The van der Waals surface area contributed by atoms with Gasteiger partial charge in [-0.25, -0.2) is 4.99 Å². The highest BCUT2D eigenvalue weighted by Crippen LogP contribution is 2.24. The molecule has 0 unspecified atom stereocenters. The lowest BCUT2D eigenvalue weighted by Crippen LogP contribution is -2.37. The molecule has 3 rings (SSSR count). The van der Waals surface area contributed by atoms with Gasteiger partial charge in [-0.2, -0.15) is 0 Å². The second kappa shape index (κ2) is 5.44. The van der Waals surface area contributed by atoms with Crippen LogP contribution in [-0.2, 0) is 17.8 Å². The Bertz CT molecular complexity index is 736. The van der Waals surface area contributed by atoms with Crippen molar-refractivity contribution in [3.05, 3.63) is 63.6 Å². The lowest BCUT2D eigenvalue weighted by Gasteiger charge is -2.29. The van der Waals surface area contributed by atoms with Crippen LogP contribution in [0.2, 0.25) is 0 Å². The molecule has 1 amide bonds. The van der Waals surface area contributed by atoms with Crippen LogP contribution in [0.4, 0.5) is 5.69 Å². The highest BCUT2D eigenvalue weighted by atomic mass is 16.6. The fourth-order valence-electron chi connectivity index (χ4n) is 2.49. The molecule has 7 heteroatoms. The number of allylic oxidation sites excluding steroid dienone is 1. The van der Waals surface area contributed by atoms with E-state index in [2.05, 4.69) is 16.9 Å². The Morgan fingerprint density at radius 3 is 2.91 bits per heavy atom. The van der Waals surface area contributed by atoms with Gasteiger partial charge in [-0.1, -0.05) is 12.6 Å². The van der Waals surface area contributed by atoms with Crippen LogP contribution in [0.15, 0.2) is 47.4 Å². The number of nitro groups is 1. The Labute approximate surface area is 126 Å². The highest BCUT2D eigenvalue weighted by molar-refractivity contribution is 5.97. The smallest absolute Gasteiger partial charge is 0.274 e. The Morgan fingerprint density at radius 1 is 1.41 bits per heavy atom. The van der Waals surface area contributed by atoms with Crippen LogP contribution in [0.5, 0.6) is 0 Å². The number of aliphatic imine (C=N–C) groups is 1. The van der Waals surface area contributed by atoms with E-state index in [1.54, 1.807) is 11.0 Å². The molecular weight excluding hydrogens is 284 g/mol. The van der Waals surface area contributed by atoms with Gasteiger partial charge in [0.15, 0.2) is 0 Å². The SMILES string of the molecule is C=C1C=NC(C(=O)N2CCc3ccc([N+](=O)[O-])cc3C2)=CN1. The van der Waals surface area contributed by atoms with Crippen molar-refractivity contribution in [2.24, 2.45) is 4.99 Å². The molecule has 0 saturated carbocycles. The highest BCUT2D eigenvalue weighted by Gasteiger charge is 2.25. The number of carbonyl (C=O) groups excluding carboxylic acids is 1. The molecule has 1 aromatic carbocycles. The third-order valence-corrected chi connectivity index (χ3v) is 3.67. The van der Waals surface area contributed by atoms with Crippen molar-refractivity contribution < 1.29 is 9.72 Å². The van der Waals surface area contributed by atoms with E-state index in [-0.39, 0.29) is 11.6 Å². The van der Waals surface area contributed by atoms with E-state index in [9.17, 15) is 14.9 Å². The summed E-state index contributed by atoms with van der Waals surface area (Å²) in [6.07, 6.45) is 3.69. The number of non-ortho nitro benzene ring substituents is 1. The van der Waals surface area contributed by atoms with Crippen LogP contribution in [0.1, 0.15) is 11.1 Å². The van der Waals surface area contributed by atoms with E-state index in [0.717, 1.165) is 11.1 Å². The Hall–Kier alpha value is -2.96. The molecule has 2 aliphatic heterocycles. The van der Waals surface area contributed by atoms with Gasteiger partial charge in [0.2, 0.25) is 0 Å². The summed E-state index contributed by atoms with van der Waals surface area (Å²) in [5.41, 5.74) is 2.83. The summed E-state index contributed by atoms with van der Waals surface area (Å²) in [5, 5.41) is 13.7. The number of carbonyl (C=O) groups is 1. The maximum atomic E-state index is 12.4. The molecular formula is C15H14N4O3. The first-order valence-corrected chi connectivity index (χ1v) is 6.80. The molecule has 1 N–H and O–H groups in total. The first-order valence-electron chi connectivity index (χ1n) is 6.80. The van der Waals surface area contributed by atoms with E-state index in [1.165, 1.54) is 24.5 Å². The van der Waals surface area contributed by atoms with E-state index in [0.29, 0.717) is 30.9 Å². The third-order valence-electron chi connectivity index (χ3n) is 3.67. The van der Waals surface area contributed by atoms with Crippen LogP contribution in [0, 0.1) is 10.1 Å². The van der Waals surface area contributed by atoms with E-state index < -0.39 is 4.92 Å². The number of amides is 1. The summed E-state index contributed by atoms with van der Waals surface area (Å²) in [4.78, 5) is 28.6. The van der Waals surface area contributed by atoms with Gasteiger partial charge in [-0.05, 0) is 17.5 Å². The molecule has 2 aliphatic rings. The van der Waals surface area contributed by atoms with Crippen molar-refractivity contribution in [3.63, 3.8) is 0 Å². The molecule has 1 aromatic rings. The number of fused-ring (bicyclic) bond motifs is 1. The van der Waals surface area contributed by atoms with Crippen LogP contribution in [-0.4, -0.2) is 28.5 Å². The molecule has 0 radical (unpaired) electrons. The monoisotopic (exact) mass is 298 g/mol. The third kappa shape index (κ3) is 2.60. The van der Waals surface area contributed by atoms with Crippen molar-refractivity contribution in [1.82, 2.24) is 10.2 Å². The van der Waals surface area contributed by atoms with Gasteiger partial charge in [0, 0.05) is 37.1 Å². The minimum absolute atomic E-state index is 0.0425. The zero-order valence-corrected chi connectivity index (χ0v) is 11.8. The standard InChI is InChI=1S/C15H14N4O3/c1-10-7-17-14(8-16-10)15(20)18-5-4-11-2-3-13(19(21)22)6-12(11)9-18/h2-3,6-8,16H,1,4-5,9H2. The minimum atomic E-state index is -0.426. The predicted molar refractivity (Wildman–Crippen MR) is 81.1 cm³/mol. The van der Waals surface area contributed by atoms with Crippen LogP contribution in [0.25, 0.3) is 0 Å². The second-order valence-electron chi connectivity index (χ2n) is 5.14. The minimum Gasteiger partial charge on any atom is -0.359 e. The van der Waals surface area contributed by atoms with Gasteiger partial charge in [0.05, 0.1) is 11.1 Å². The summed E-state index contributed by atoms with van der Waals surface area (Å²) in [5.74, 6) is -0.201.